The molecule has 1 aliphatic rings. The van der Waals surface area contributed by atoms with Gasteiger partial charge in [-0.05, 0) is 37.1 Å². The number of aromatic nitrogens is 2. The highest BCUT2D eigenvalue weighted by Crippen LogP contribution is 2.34. The summed E-state index contributed by atoms with van der Waals surface area (Å²) in [5.74, 6) is 2.59. The fourth-order valence-electron chi connectivity index (χ4n) is 4.11. The van der Waals surface area contributed by atoms with Gasteiger partial charge in [-0.3, -0.25) is 4.79 Å². The first kappa shape index (κ1) is 19.3. The average molecular weight is 393 g/mol. The van der Waals surface area contributed by atoms with Crippen molar-refractivity contribution in [2.24, 2.45) is 0 Å². The van der Waals surface area contributed by atoms with Gasteiger partial charge in [-0.1, -0.05) is 31.2 Å². The number of nitrogens with zero attached hydrogens (tertiary/aromatic N) is 3. The molecule has 6 nitrogen and oxygen atoms in total. The third-order valence-electron chi connectivity index (χ3n) is 5.50. The van der Waals surface area contributed by atoms with Gasteiger partial charge in [0.15, 0.2) is 11.5 Å². The molecule has 0 bridgehead atoms. The quantitative estimate of drug-likeness (QED) is 0.604. The van der Waals surface area contributed by atoms with Gasteiger partial charge in [0.25, 0.3) is 0 Å². The predicted molar refractivity (Wildman–Crippen MR) is 112 cm³/mol. The number of imidazole rings is 1. The van der Waals surface area contributed by atoms with E-state index in [1.165, 1.54) is 0 Å². The van der Waals surface area contributed by atoms with E-state index in [2.05, 4.69) is 10.6 Å². The van der Waals surface area contributed by atoms with Gasteiger partial charge in [0.1, 0.15) is 12.4 Å². The second-order valence-corrected chi connectivity index (χ2v) is 7.21. The zero-order valence-corrected chi connectivity index (χ0v) is 17.0. The Kier molecular flexibility index (Phi) is 5.69. The number of fused-ring (bicyclic) bond motifs is 1. The maximum atomic E-state index is 12.4. The summed E-state index contributed by atoms with van der Waals surface area (Å²) in [6.07, 6.45) is 2.48. The summed E-state index contributed by atoms with van der Waals surface area (Å²) in [4.78, 5) is 19.3. The van der Waals surface area contributed by atoms with Crippen LogP contribution in [0.2, 0.25) is 0 Å². The topological polar surface area (TPSA) is 56.6 Å². The number of ether oxygens (including phenoxy) is 2. The Labute approximate surface area is 171 Å². The smallest absolute Gasteiger partial charge is 0.222 e. The molecule has 29 heavy (non-hydrogen) atoms. The molecule has 0 saturated carbocycles. The Morgan fingerprint density at radius 3 is 2.69 bits per heavy atom. The summed E-state index contributed by atoms with van der Waals surface area (Å²) in [6, 6.07) is 15.8. The summed E-state index contributed by atoms with van der Waals surface area (Å²) < 4.78 is 13.6. The second-order valence-electron chi connectivity index (χ2n) is 7.21. The summed E-state index contributed by atoms with van der Waals surface area (Å²) >= 11 is 0. The van der Waals surface area contributed by atoms with Crippen LogP contribution in [-0.2, 0) is 11.3 Å². The second kappa shape index (κ2) is 8.55. The van der Waals surface area contributed by atoms with Crippen molar-refractivity contribution >= 4 is 16.9 Å². The lowest BCUT2D eigenvalue weighted by Crippen LogP contribution is -2.31. The molecule has 2 heterocycles. The number of rotatable bonds is 7. The maximum Gasteiger partial charge on any atom is 0.222 e. The first-order valence-corrected chi connectivity index (χ1v) is 10.2. The van der Waals surface area contributed by atoms with Crippen LogP contribution in [0, 0.1) is 0 Å². The summed E-state index contributed by atoms with van der Waals surface area (Å²) in [7, 11) is 1.64. The van der Waals surface area contributed by atoms with Crippen LogP contribution in [0.3, 0.4) is 0 Å². The highest BCUT2D eigenvalue weighted by atomic mass is 16.5. The van der Waals surface area contributed by atoms with Gasteiger partial charge in [-0.15, -0.1) is 0 Å². The Bertz CT molecular complexity index is 998. The third kappa shape index (κ3) is 3.79. The van der Waals surface area contributed by atoms with Crippen LogP contribution in [0.4, 0.5) is 0 Å². The highest BCUT2D eigenvalue weighted by molar-refractivity contribution is 5.78. The Hall–Kier alpha value is -3.02. The van der Waals surface area contributed by atoms with Gasteiger partial charge in [0, 0.05) is 13.0 Å². The summed E-state index contributed by atoms with van der Waals surface area (Å²) in [6.45, 7) is 3.86. The van der Waals surface area contributed by atoms with E-state index in [1.807, 2.05) is 54.3 Å². The Morgan fingerprint density at radius 2 is 1.90 bits per heavy atom. The molecule has 1 aromatic heterocycles. The van der Waals surface area contributed by atoms with Gasteiger partial charge in [-0.2, -0.15) is 0 Å². The minimum Gasteiger partial charge on any atom is -0.493 e. The van der Waals surface area contributed by atoms with E-state index in [0.29, 0.717) is 19.6 Å². The molecule has 1 atom stereocenters. The van der Waals surface area contributed by atoms with Gasteiger partial charge < -0.3 is 18.9 Å². The van der Waals surface area contributed by atoms with Crippen molar-refractivity contribution in [2.75, 3.05) is 20.3 Å². The number of hydrogen-bond acceptors (Lipinski definition) is 4. The lowest BCUT2D eigenvalue weighted by molar-refractivity contribution is -0.131. The highest BCUT2D eigenvalue weighted by Gasteiger charge is 2.32. The van der Waals surface area contributed by atoms with Crippen LogP contribution >= 0.6 is 0 Å². The Morgan fingerprint density at radius 1 is 1.14 bits per heavy atom. The molecular formula is C23H27N3O3. The molecule has 0 spiro atoms. The van der Waals surface area contributed by atoms with Crippen LogP contribution in [0.15, 0.2) is 48.5 Å². The molecule has 0 radical (unpaired) electrons. The van der Waals surface area contributed by atoms with E-state index < -0.39 is 0 Å². The lowest BCUT2D eigenvalue weighted by Gasteiger charge is -2.25. The number of benzene rings is 2. The van der Waals surface area contributed by atoms with Gasteiger partial charge >= 0.3 is 0 Å². The number of likely N-dealkylation sites (tertiary alicyclic amines) is 1. The number of hydrogen-bond donors (Lipinski definition) is 0. The molecule has 6 heteroatoms. The van der Waals surface area contributed by atoms with Gasteiger partial charge in [0.05, 0.1) is 30.7 Å². The van der Waals surface area contributed by atoms with Crippen LogP contribution in [-0.4, -0.2) is 40.6 Å². The zero-order chi connectivity index (χ0) is 20.2. The van der Waals surface area contributed by atoms with Crippen LogP contribution in [0.5, 0.6) is 11.5 Å². The van der Waals surface area contributed by atoms with Crippen molar-refractivity contribution in [2.45, 2.75) is 38.8 Å². The number of carbonyl (C=O) groups is 1. The maximum absolute atomic E-state index is 12.4. The molecule has 152 valence electrons. The molecule has 0 N–H and O–H groups in total. The van der Waals surface area contributed by atoms with Crippen molar-refractivity contribution in [3.8, 4) is 11.5 Å². The average Bonchev–Trinajstić information content (AvgIpc) is 3.38. The summed E-state index contributed by atoms with van der Waals surface area (Å²) in [5, 5.41) is 0. The Balaban J connectivity index is 1.61. The minimum absolute atomic E-state index is 0.0288. The first-order chi connectivity index (χ1) is 14.2. The molecule has 3 aromatic rings. The predicted octanol–water partition coefficient (Wildman–Crippen LogP) is 4.20. The van der Waals surface area contributed by atoms with Crippen molar-refractivity contribution in [3.63, 3.8) is 0 Å². The van der Waals surface area contributed by atoms with Crippen LogP contribution in [0.25, 0.3) is 11.0 Å². The first-order valence-electron chi connectivity index (χ1n) is 10.2. The number of amides is 1. The van der Waals surface area contributed by atoms with Gasteiger partial charge in [0.2, 0.25) is 5.91 Å². The molecule has 1 fully saturated rings. The number of methoxy groups -OCH3 is 1. The SMILES string of the molecule is CCC(=O)N1CCCC1c1nc2ccccc2n1CCOc1ccccc1OC. The molecule has 2 aromatic carbocycles. The van der Waals surface area contributed by atoms with E-state index in [-0.39, 0.29) is 11.9 Å². The van der Waals surface area contributed by atoms with Crippen LogP contribution in [0.1, 0.15) is 38.1 Å². The fourth-order valence-corrected chi connectivity index (χ4v) is 4.11. The van der Waals surface area contributed by atoms with E-state index in [1.54, 1.807) is 7.11 Å². The number of carbonyl (C=O) groups excluding carboxylic acids is 1. The van der Waals surface area contributed by atoms with Crippen molar-refractivity contribution in [3.05, 3.63) is 54.4 Å². The molecular weight excluding hydrogens is 366 g/mol. The van der Waals surface area contributed by atoms with Gasteiger partial charge in [-0.25, -0.2) is 4.98 Å². The molecule has 0 aliphatic carbocycles. The van der Waals surface area contributed by atoms with E-state index >= 15 is 0 Å². The van der Waals surface area contributed by atoms with E-state index in [9.17, 15) is 4.79 Å². The minimum atomic E-state index is 0.0288. The monoisotopic (exact) mass is 393 g/mol. The number of para-hydroxylation sites is 4. The molecule has 4 rings (SSSR count). The molecule has 1 saturated heterocycles. The van der Waals surface area contributed by atoms with E-state index in [4.69, 9.17) is 14.5 Å². The zero-order valence-electron chi connectivity index (χ0n) is 17.0. The molecule has 1 unspecified atom stereocenters. The van der Waals surface area contributed by atoms with Crippen LogP contribution < -0.4 is 9.47 Å². The van der Waals surface area contributed by atoms with Crippen molar-refractivity contribution in [1.82, 2.24) is 14.5 Å². The normalized spacial score (nSPS) is 16.3. The van der Waals surface area contributed by atoms with Crippen molar-refractivity contribution in [1.29, 1.82) is 0 Å². The van der Waals surface area contributed by atoms with E-state index in [0.717, 1.165) is 47.7 Å². The molecule has 1 aliphatic heterocycles. The summed E-state index contributed by atoms with van der Waals surface area (Å²) in [5.41, 5.74) is 2.03. The lowest BCUT2D eigenvalue weighted by atomic mass is 10.2. The largest absolute Gasteiger partial charge is 0.493 e. The third-order valence-corrected chi connectivity index (χ3v) is 5.50. The standard InChI is InChI=1S/C23H27N3O3/c1-3-22(27)25-14-8-11-19(25)23-24-17-9-4-5-10-18(17)26(23)15-16-29-21-13-7-6-12-20(21)28-2/h4-7,9-10,12-13,19H,3,8,11,14-16H2,1-2H3. The van der Waals surface area contributed by atoms with Crippen molar-refractivity contribution < 1.29 is 14.3 Å². The molecule has 1 amide bonds. The fraction of sp³-hybridized carbons (Fsp3) is 0.391.